The second-order valence-electron chi connectivity index (χ2n) is 13.1. The molecule has 2 aromatic carbocycles. The lowest BCUT2D eigenvalue weighted by atomic mass is 9.83. The van der Waals surface area contributed by atoms with Crippen molar-refractivity contribution in [3.63, 3.8) is 0 Å². The smallest absolute Gasteiger partial charge is 0.205 e. The first-order valence-electron chi connectivity index (χ1n) is 16.5. The molecule has 5 aromatic rings. The van der Waals surface area contributed by atoms with Gasteiger partial charge in [-0.3, -0.25) is 4.98 Å². The van der Waals surface area contributed by atoms with Crippen LogP contribution in [-0.2, 0) is 5.41 Å². The highest BCUT2D eigenvalue weighted by Gasteiger charge is 2.76. The molecule has 2 aliphatic rings. The fourth-order valence-corrected chi connectivity index (χ4v) is 7.85. The number of nitrogens with zero attached hydrogens (tertiary/aromatic N) is 7. The molecule has 5 heterocycles. The molecule has 47 heavy (non-hydrogen) atoms. The zero-order valence-corrected chi connectivity index (χ0v) is 28.1. The Kier molecular flexibility index (Phi) is 7.67. The number of unbranched alkanes of at least 4 members (excludes halogenated alkanes) is 1. The van der Waals surface area contributed by atoms with Crippen molar-refractivity contribution in [2.75, 3.05) is 20.8 Å². The average molecular weight is 629 g/mol. The van der Waals surface area contributed by atoms with E-state index in [1.54, 1.807) is 37.3 Å². The first-order chi connectivity index (χ1) is 22.8. The van der Waals surface area contributed by atoms with Crippen LogP contribution in [0.15, 0.2) is 85.0 Å². The SMILES string of the molecule is CCCCC1(CC)C[N+]12/C(=C/C=C/C=c1/c(-c3ccccc3OC)nn3c(-c4cnccn4)nnc13)C(C)(C)c1cc(OC)ccc12. The first-order valence-corrected chi connectivity index (χ1v) is 16.5. The highest BCUT2D eigenvalue weighted by Crippen LogP contribution is 2.66. The van der Waals surface area contributed by atoms with Gasteiger partial charge in [0.15, 0.2) is 11.2 Å². The summed E-state index contributed by atoms with van der Waals surface area (Å²) in [5.74, 6) is 2.18. The summed E-state index contributed by atoms with van der Waals surface area (Å²) >= 11 is 0. The number of methoxy groups -OCH3 is 2. The van der Waals surface area contributed by atoms with Crippen molar-refractivity contribution in [2.24, 2.45) is 0 Å². The van der Waals surface area contributed by atoms with Gasteiger partial charge in [-0.2, -0.15) is 9.61 Å². The molecule has 0 amide bonds. The third-order valence-electron chi connectivity index (χ3n) is 10.4. The second-order valence-corrected chi connectivity index (χ2v) is 13.1. The fourth-order valence-electron chi connectivity index (χ4n) is 7.85. The molecule has 0 bridgehead atoms. The Bertz CT molecular complexity index is 2070. The summed E-state index contributed by atoms with van der Waals surface area (Å²) in [6, 6.07) is 14.6. The van der Waals surface area contributed by atoms with E-state index in [4.69, 9.17) is 14.6 Å². The number of ether oxygens (including phenoxy) is 2. The van der Waals surface area contributed by atoms with Crippen molar-refractivity contribution in [1.82, 2.24) is 34.3 Å². The Hall–Kier alpha value is -4.89. The van der Waals surface area contributed by atoms with Gasteiger partial charge in [-0.15, -0.1) is 10.2 Å². The molecule has 2 atom stereocenters. The number of aromatic nitrogens is 6. The maximum Gasteiger partial charge on any atom is 0.205 e. The molecule has 1 fully saturated rings. The van der Waals surface area contributed by atoms with Crippen LogP contribution in [0.3, 0.4) is 0 Å². The van der Waals surface area contributed by atoms with Gasteiger partial charge in [0.05, 0.1) is 25.8 Å². The third kappa shape index (κ3) is 4.66. The number of hydrogen-bond donors (Lipinski definition) is 0. The second kappa shape index (κ2) is 11.7. The van der Waals surface area contributed by atoms with Crippen LogP contribution in [0.25, 0.3) is 34.5 Å². The summed E-state index contributed by atoms with van der Waals surface area (Å²) in [6.45, 7) is 10.5. The van der Waals surface area contributed by atoms with Crippen LogP contribution >= 0.6 is 0 Å². The maximum absolute atomic E-state index is 5.73. The number of para-hydroxylation sites is 1. The zero-order valence-electron chi connectivity index (χ0n) is 28.1. The van der Waals surface area contributed by atoms with E-state index in [0.29, 0.717) is 17.2 Å². The van der Waals surface area contributed by atoms with E-state index in [-0.39, 0.29) is 11.0 Å². The van der Waals surface area contributed by atoms with E-state index in [2.05, 4.69) is 90.4 Å². The highest BCUT2D eigenvalue weighted by molar-refractivity contribution is 5.76. The number of benzene rings is 2. The predicted octanol–water partition coefficient (Wildman–Crippen LogP) is 6.86. The summed E-state index contributed by atoms with van der Waals surface area (Å²) in [6.07, 6.45) is 18.4. The Morgan fingerprint density at radius 1 is 0.979 bits per heavy atom. The van der Waals surface area contributed by atoms with Gasteiger partial charge in [-0.25, -0.2) is 9.47 Å². The number of allylic oxidation sites excluding steroid dienone is 4. The largest absolute Gasteiger partial charge is 0.497 e. The van der Waals surface area contributed by atoms with Crippen LogP contribution in [-0.4, -0.2) is 56.1 Å². The molecule has 0 saturated carbocycles. The van der Waals surface area contributed by atoms with Crippen LogP contribution in [0.1, 0.15) is 58.9 Å². The molecule has 2 aliphatic heterocycles. The van der Waals surface area contributed by atoms with Crippen molar-refractivity contribution in [3.05, 3.63) is 95.8 Å². The molecule has 9 nitrogen and oxygen atoms in total. The van der Waals surface area contributed by atoms with Crippen LogP contribution in [0.4, 0.5) is 5.69 Å². The Morgan fingerprint density at radius 2 is 1.81 bits per heavy atom. The molecule has 0 N–H and O–H groups in total. The Morgan fingerprint density at radius 3 is 2.55 bits per heavy atom. The van der Waals surface area contributed by atoms with E-state index in [1.165, 1.54) is 36.2 Å². The predicted molar refractivity (Wildman–Crippen MR) is 186 cm³/mol. The van der Waals surface area contributed by atoms with Gasteiger partial charge in [0, 0.05) is 47.6 Å². The topological polar surface area (TPSA) is 87.3 Å². The molecule has 3 aromatic heterocycles. The number of quaternary nitrogens is 1. The van der Waals surface area contributed by atoms with Crippen molar-refractivity contribution < 1.29 is 9.47 Å². The Balaban J connectivity index is 1.36. The van der Waals surface area contributed by atoms with E-state index < -0.39 is 0 Å². The standard InChI is InChI=1S/C38H42N7O2/c1-7-9-20-38(8-2)25-45(38)31-19-18-26(46-5)23-29(31)37(3,4)33(45)17-13-11-15-28-34(27-14-10-12-16-32(27)47-6)43-44-35(28)41-42-36(44)30-24-39-21-22-40-30/h10-19,21-24H,7-9,20,25H2,1-6H3/q+1/b13-11+,28-15-,33-17+. The van der Waals surface area contributed by atoms with E-state index in [9.17, 15) is 0 Å². The monoisotopic (exact) mass is 628 g/mol. The van der Waals surface area contributed by atoms with E-state index in [0.717, 1.165) is 45.4 Å². The molecule has 0 radical (unpaired) electrons. The lowest BCUT2D eigenvalue weighted by Gasteiger charge is -2.27. The van der Waals surface area contributed by atoms with Crippen LogP contribution in [0.5, 0.6) is 11.5 Å². The Labute approximate surface area is 275 Å². The summed E-state index contributed by atoms with van der Waals surface area (Å²) in [5.41, 5.74) is 7.13. The van der Waals surface area contributed by atoms with Crippen molar-refractivity contribution in [2.45, 2.75) is 64.3 Å². The molecule has 1 spiro atoms. The number of fused-ring (bicyclic) bond motifs is 3. The van der Waals surface area contributed by atoms with Crippen LogP contribution in [0.2, 0.25) is 0 Å². The van der Waals surface area contributed by atoms with Gasteiger partial charge in [0.1, 0.15) is 40.8 Å². The highest BCUT2D eigenvalue weighted by atomic mass is 16.5. The molecule has 2 unspecified atom stereocenters. The van der Waals surface area contributed by atoms with Crippen molar-refractivity contribution >= 4 is 17.4 Å². The lowest BCUT2D eigenvalue weighted by molar-refractivity contribution is 0.394. The van der Waals surface area contributed by atoms with Crippen molar-refractivity contribution in [1.29, 1.82) is 0 Å². The van der Waals surface area contributed by atoms with Crippen LogP contribution in [0, 0.1) is 0 Å². The third-order valence-corrected chi connectivity index (χ3v) is 10.4. The molecular weight excluding hydrogens is 586 g/mol. The minimum absolute atomic E-state index is 0.159. The first kappa shape index (κ1) is 30.7. The van der Waals surface area contributed by atoms with Crippen LogP contribution < -0.4 is 19.2 Å². The molecule has 9 heteroatoms. The summed E-state index contributed by atoms with van der Waals surface area (Å²) in [7, 11) is 3.42. The van der Waals surface area contributed by atoms with Gasteiger partial charge >= 0.3 is 0 Å². The normalized spacial score (nSPS) is 22.5. The van der Waals surface area contributed by atoms with Gasteiger partial charge in [0.25, 0.3) is 0 Å². The maximum atomic E-state index is 5.73. The average Bonchev–Trinajstić information content (AvgIpc) is 3.29. The summed E-state index contributed by atoms with van der Waals surface area (Å²) in [5, 5.41) is 14.8. The van der Waals surface area contributed by atoms with Gasteiger partial charge < -0.3 is 9.47 Å². The minimum atomic E-state index is -0.159. The quantitative estimate of drug-likeness (QED) is 0.123. The minimum Gasteiger partial charge on any atom is -0.497 e. The van der Waals surface area contributed by atoms with Gasteiger partial charge in [0.2, 0.25) is 5.82 Å². The van der Waals surface area contributed by atoms with E-state index in [1.807, 2.05) is 24.3 Å². The molecule has 7 rings (SSSR count). The molecule has 240 valence electrons. The molecular formula is C38H42N7O2+. The van der Waals surface area contributed by atoms with E-state index >= 15 is 0 Å². The van der Waals surface area contributed by atoms with Crippen molar-refractivity contribution in [3.8, 4) is 34.3 Å². The fraction of sp³-hybridized carbons (Fsp3) is 0.342. The van der Waals surface area contributed by atoms with Gasteiger partial charge in [-0.1, -0.05) is 44.6 Å². The zero-order chi connectivity index (χ0) is 32.8. The lowest BCUT2D eigenvalue weighted by Crippen LogP contribution is -2.37. The number of hydrogen-bond acceptors (Lipinski definition) is 7. The molecule has 0 aliphatic carbocycles. The van der Waals surface area contributed by atoms with Gasteiger partial charge in [-0.05, 0) is 56.7 Å². The molecule has 1 saturated heterocycles. The number of rotatable bonds is 10. The summed E-state index contributed by atoms with van der Waals surface area (Å²) < 4.78 is 14.1. The summed E-state index contributed by atoms with van der Waals surface area (Å²) in [4.78, 5) is 8.66.